The predicted octanol–water partition coefficient (Wildman–Crippen LogP) is 2.52. The van der Waals surface area contributed by atoms with E-state index in [0.29, 0.717) is 23.9 Å². The van der Waals surface area contributed by atoms with Gasteiger partial charge in [-0.15, -0.1) is 0 Å². The van der Waals surface area contributed by atoms with E-state index in [2.05, 4.69) is 0 Å². The smallest absolute Gasteiger partial charge is 0.243 e. The lowest BCUT2D eigenvalue weighted by molar-refractivity contribution is 0.412. The first-order chi connectivity index (χ1) is 9.48. The summed E-state index contributed by atoms with van der Waals surface area (Å²) in [4.78, 5) is 0.362. The zero-order valence-electron chi connectivity index (χ0n) is 12.2. The molecule has 4 nitrogen and oxygen atoms in total. The first-order valence-electron chi connectivity index (χ1n) is 7.34. The minimum atomic E-state index is -3.39. The number of hydrogen-bond acceptors (Lipinski definition) is 3. The minimum Gasteiger partial charge on any atom is -0.324 e. The SMILES string of the molecule is CCC(N)c1cccc(S(=O)(=O)N(CC)CC2CC2)c1. The average molecular weight is 296 g/mol. The molecule has 112 valence electrons. The lowest BCUT2D eigenvalue weighted by atomic mass is 10.1. The van der Waals surface area contributed by atoms with Crippen molar-refractivity contribution in [3.05, 3.63) is 29.8 Å². The van der Waals surface area contributed by atoms with Gasteiger partial charge in [-0.3, -0.25) is 0 Å². The van der Waals surface area contributed by atoms with E-state index in [1.165, 1.54) is 0 Å². The van der Waals surface area contributed by atoms with Crippen LogP contribution >= 0.6 is 0 Å². The Bertz CT molecular complexity index is 553. The molecule has 1 aliphatic rings. The third-order valence-electron chi connectivity index (χ3n) is 3.88. The highest BCUT2D eigenvalue weighted by Crippen LogP contribution is 2.31. The molecule has 0 bridgehead atoms. The van der Waals surface area contributed by atoms with Crippen LogP contribution in [0, 0.1) is 5.92 Å². The van der Waals surface area contributed by atoms with Gasteiger partial charge in [0.25, 0.3) is 0 Å². The largest absolute Gasteiger partial charge is 0.324 e. The van der Waals surface area contributed by atoms with Crippen LogP contribution < -0.4 is 5.73 Å². The minimum absolute atomic E-state index is 0.108. The first-order valence-corrected chi connectivity index (χ1v) is 8.78. The third kappa shape index (κ3) is 3.40. The van der Waals surface area contributed by atoms with E-state index in [-0.39, 0.29) is 6.04 Å². The van der Waals surface area contributed by atoms with Gasteiger partial charge in [-0.05, 0) is 42.9 Å². The quantitative estimate of drug-likeness (QED) is 0.841. The van der Waals surface area contributed by atoms with Crippen LogP contribution in [0.4, 0.5) is 0 Å². The molecular weight excluding hydrogens is 272 g/mol. The molecule has 0 aromatic heterocycles. The third-order valence-corrected chi connectivity index (χ3v) is 5.81. The van der Waals surface area contributed by atoms with Crippen LogP contribution in [0.5, 0.6) is 0 Å². The highest BCUT2D eigenvalue weighted by molar-refractivity contribution is 7.89. The first kappa shape index (κ1) is 15.5. The molecule has 1 unspecified atom stereocenters. The van der Waals surface area contributed by atoms with Crippen molar-refractivity contribution < 1.29 is 8.42 Å². The molecule has 0 radical (unpaired) electrons. The summed E-state index contributed by atoms with van der Waals surface area (Å²) < 4.78 is 26.9. The van der Waals surface area contributed by atoms with Gasteiger partial charge < -0.3 is 5.73 Å². The summed E-state index contributed by atoms with van der Waals surface area (Å²) >= 11 is 0. The van der Waals surface area contributed by atoms with Gasteiger partial charge in [0.05, 0.1) is 4.90 Å². The molecule has 5 heteroatoms. The van der Waals surface area contributed by atoms with E-state index >= 15 is 0 Å². The van der Waals surface area contributed by atoms with Crippen LogP contribution in [-0.2, 0) is 10.0 Å². The summed E-state index contributed by atoms with van der Waals surface area (Å²) in [5.74, 6) is 0.547. The molecule has 1 atom stereocenters. The summed E-state index contributed by atoms with van der Waals surface area (Å²) in [5, 5.41) is 0. The van der Waals surface area contributed by atoms with Crippen LogP contribution in [0.2, 0.25) is 0 Å². The average Bonchev–Trinajstić information content (AvgIpc) is 3.27. The summed E-state index contributed by atoms with van der Waals surface area (Å²) in [6, 6.07) is 6.95. The molecule has 2 N–H and O–H groups in total. The van der Waals surface area contributed by atoms with Gasteiger partial charge in [0.2, 0.25) is 10.0 Å². The second-order valence-corrected chi connectivity index (χ2v) is 7.42. The maximum Gasteiger partial charge on any atom is 0.243 e. The monoisotopic (exact) mass is 296 g/mol. The molecule has 0 heterocycles. The highest BCUT2D eigenvalue weighted by atomic mass is 32.2. The van der Waals surface area contributed by atoms with Gasteiger partial charge in [-0.1, -0.05) is 26.0 Å². The number of sulfonamides is 1. The van der Waals surface area contributed by atoms with Gasteiger partial charge in [-0.2, -0.15) is 4.31 Å². The molecule has 0 aliphatic heterocycles. The molecule has 0 spiro atoms. The number of nitrogens with zero attached hydrogens (tertiary/aromatic N) is 1. The van der Waals surface area contributed by atoms with Crippen molar-refractivity contribution in [2.45, 2.75) is 44.0 Å². The molecule has 2 rings (SSSR count). The molecular formula is C15H24N2O2S. The summed E-state index contributed by atoms with van der Waals surface area (Å²) in [6.45, 7) is 5.05. The maximum atomic E-state index is 12.7. The second kappa shape index (κ2) is 6.24. The van der Waals surface area contributed by atoms with Gasteiger partial charge in [0.15, 0.2) is 0 Å². The van der Waals surface area contributed by atoms with E-state index < -0.39 is 10.0 Å². The van der Waals surface area contributed by atoms with Crippen molar-refractivity contribution in [2.75, 3.05) is 13.1 Å². The number of hydrogen-bond donors (Lipinski definition) is 1. The lowest BCUT2D eigenvalue weighted by Crippen LogP contribution is -2.32. The topological polar surface area (TPSA) is 63.4 Å². The molecule has 1 saturated carbocycles. The Hall–Kier alpha value is -0.910. The Labute approximate surface area is 122 Å². The Morgan fingerprint density at radius 1 is 1.35 bits per heavy atom. The zero-order valence-corrected chi connectivity index (χ0v) is 13.1. The molecule has 20 heavy (non-hydrogen) atoms. The second-order valence-electron chi connectivity index (χ2n) is 5.49. The van der Waals surface area contributed by atoms with Crippen LogP contribution in [0.15, 0.2) is 29.2 Å². The van der Waals surface area contributed by atoms with Crippen molar-refractivity contribution in [2.24, 2.45) is 11.7 Å². The summed E-state index contributed by atoms with van der Waals surface area (Å²) in [5.41, 5.74) is 6.88. The van der Waals surface area contributed by atoms with Crippen molar-refractivity contribution in [3.8, 4) is 0 Å². The van der Waals surface area contributed by atoms with Crippen molar-refractivity contribution >= 4 is 10.0 Å². The molecule has 0 amide bonds. The van der Waals surface area contributed by atoms with Crippen LogP contribution in [0.25, 0.3) is 0 Å². The van der Waals surface area contributed by atoms with Gasteiger partial charge in [0, 0.05) is 19.1 Å². The van der Waals surface area contributed by atoms with E-state index in [1.54, 1.807) is 22.5 Å². The van der Waals surface area contributed by atoms with Crippen molar-refractivity contribution in [1.29, 1.82) is 0 Å². The number of rotatable bonds is 7. The van der Waals surface area contributed by atoms with E-state index in [4.69, 9.17) is 5.73 Å². The van der Waals surface area contributed by atoms with Crippen molar-refractivity contribution in [1.82, 2.24) is 4.31 Å². The van der Waals surface area contributed by atoms with Crippen LogP contribution in [-0.4, -0.2) is 25.8 Å². The predicted molar refractivity (Wildman–Crippen MR) is 80.8 cm³/mol. The van der Waals surface area contributed by atoms with Crippen LogP contribution in [0.1, 0.15) is 44.7 Å². The van der Waals surface area contributed by atoms with Gasteiger partial charge >= 0.3 is 0 Å². The fraction of sp³-hybridized carbons (Fsp3) is 0.600. The molecule has 1 fully saturated rings. The molecule has 0 saturated heterocycles. The highest BCUT2D eigenvalue weighted by Gasteiger charge is 2.30. The van der Waals surface area contributed by atoms with Crippen molar-refractivity contribution in [3.63, 3.8) is 0 Å². The zero-order chi connectivity index (χ0) is 14.8. The molecule has 1 aromatic carbocycles. The Kier molecular flexibility index (Phi) is 4.83. The lowest BCUT2D eigenvalue weighted by Gasteiger charge is -2.21. The van der Waals surface area contributed by atoms with E-state index in [9.17, 15) is 8.42 Å². The van der Waals surface area contributed by atoms with Crippen LogP contribution in [0.3, 0.4) is 0 Å². The summed E-state index contributed by atoms with van der Waals surface area (Å²) in [6.07, 6.45) is 3.09. The number of nitrogens with two attached hydrogens (primary N) is 1. The Morgan fingerprint density at radius 3 is 2.60 bits per heavy atom. The Balaban J connectivity index is 2.27. The fourth-order valence-corrected chi connectivity index (χ4v) is 3.86. The molecule has 1 aliphatic carbocycles. The van der Waals surface area contributed by atoms with Gasteiger partial charge in [0.1, 0.15) is 0 Å². The maximum absolute atomic E-state index is 12.7. The standard InChI is InChI=1S/C15H24N2O2S/c1-3-15(16)13-6-5-7-14(10-13)20(18,19)17(4-2)11-12-8-9-12/h5-7,10,12,15H,3-4,8-9,11,16H2,1-2H3. The fourth-order valence-electron chi connectivity index (χ4n) is 2.28. The van der Waals surface area contributed by atoms with Gasteiger partial charge in [-0.25, -0.2) is 8.42 Å². The number of benzene rings is 1. The normalized spacial score (nSPS) is 17.4. The van der Waals surface area contributed by atoms with E-state index in [1.807, 2.05) is 19.9 Å². The summed E-state index contributed by atoms with van der Waals surface area (Å²) in [7, 11) is -3.39. The van der Waals surface area contributed by atoms with E-state index in [0.717, 1.165) is 24.8 Å². The Morgan fingerprint density at radius 2 is 2.05 bits per heavy atom. The molecule has 1 aromatic rings.